The fraction of sp³-hybridized carbons (Fsp3) is 0.462. The lowest BCUT2D eigenvalue weighted by Gasteiger charge is -2.18. The molecule has 1 saturated heterocycles. The normalized spacial score (nSPS) is 23.2. The Morgan fingerprint density at radius 3 is 3.10 bits per heavy atom. The van der Waals surface area contributed by atoms with Gasteiger partial charge in [-0.25, -0.2) is 0 Å². The predicted octanol–water partition coefficient (Wildman–Crippen LogP) is 1.63. The third-order valence-corrected chi connectivity index (χ3v) is 3.64. The van der Waals surface area contributed by atoms with Crippen LogP contribution in [0.4, 0.5) is 0 Å². The van der Waals surface area contributed by atoms with Crippen molar-refractivity contribution in [2.24, 2.45) is 5.41 Å². The molecular formula is C13H15N3O4. The minimum absolute atomic E-state index is 0.408. The fourth-order valence-electron chi connectivity index (χ4n) is 2.38. The van der Waals surface area contributed by atoms with E-state index in [9.17, 15) is 9.90 Å². The predicted molar refractivity (Wildman–Crippen MR) is 67.6 cm³/mol. The van der Waals surface area contributed by atoms with E-state index in [1.54, 1.807) is 25.3 Å². The monoisotopic (exact) mass is 277 g/mol. The summed E-state index contributed by atoms with van der Waals surface area (Å²) in [6.07, 6.45) is 2.17. The maximum atomic E-state index is 11.2. The third kappa shape index (κ3) is 2.32. The van der Waals surface area contributed by atoms with Crippen molar-refractivity contribution in [1.29, 1.82) is 0 Å². The Morgan fingerprint density at radius 1 is 1.60 bits per heavy atom. The summed E-state index contributed by atoms with van der Waals surface area (Å²) in [7, 11) is 0. The molecule has 2 aromatic heterocycles. The maximum Gasteiger partial charge on any atom is 0.310 e. The molecule has 0 spiro atoms. The molecule has 0 aliphatic carbocycles. The summed E-state index contributed by atoms with van der Waals surface area (Å²) in [6, 6.07) is 3.51. The Labute approximate surface area is 115 Å². The molecule has 1 aliphatic heterocycles. The molecule has 7 nitrogen and oxygen atoms in total. The number of hydrogen-bond donors (Lipinski definition) is 1. The summed E-state index contributed by atoms with van der Waals surface area (Å²) in [5, 5.41) is 13.0. The highest BCUT2D eigenvalue weighted by atomic mass is 16.5. The minimum Gasteiger partial charge on any atom is -0.481 e. The Morgan fingerprint density at radius 2 is 2.45 bits per heavy atom. The van der Waals surface area contributed by atoms with Crippen LogP contribution in [0, 0.1) is 5.41 Å². The largest absolute Gasteiger partial charge is 0.481 e. The zero-order chi connectivity index (χ0) is 14.2. The number of aliphatic carboxylic acids is 1. The van der Waals surface area contributed by atoms with E-state index in [1.807, 2.05) is 4.90 Å². The van der Waals surface area contributed by atoms with Gasteiger partial charge in [0.05, 0.1) is 18.2 Å². The van der Waals surface area contributed by atoms with E-state index in [1.165, 1.54) is 0 Å². The summed E-state index contributed by atoms with van der Waals surface area (Å²) in [5.41, 5.74) is -0.691. The molecule has 3 heterocycles. The first-order valence-corrected chi connectivity index (χ1v) is 6.39. The highest BCUT2D eigenvalue weighted by molar-refractivity contribution is 5.74. The van der Waals surface area contributed by atoms with Crippen molar-refractivity contribution >= 4 is 5.97 Å². The molecule has 1 unspecified atom stereocenters. The second-order valence-electron chi connectivity index (χ2n) is 5.32. The summed E-state index contributed by atoms with van der Waals surface area (Å²) in [6.45, 7) is 3.41. The molecule has 0 bridgehead atoms. The van der Waals surface area contributed by atoms with Crippen molar-refractivity contribution in [3.63, 3.8) is 0 Å². The van der Waals surface area contributed by atoms with E-state index in [2.05, 4.69) is 10.1 Å². The Balaban J connectivity index is 1.66. The van der Waals surface area contributed by atoms with Crippen LogP contribution in [0.25, 0.3) is 11.6 Å². The van der Waals surface area contributed by atoms with Crippen LogP contribution in [0.3, 0.4) is 0 Å². The van der Waals surface area contributed by atoms with Gasteiger partial charge in [-0.05, 0) is 32.0 Å². The zero-order valence-electron chi connectivity index (χ0n) is 11.1. The van der Waals surface area contributed by atoms with Crippen molar-refractivity contribution in [2.45, 2.75) is 19.9 Å². The second kappa shape index (κ2) is 4.75. The quantitative estimate of drug-likeness (QED) is 0.907. The van der Waals surface area contributed by atoms with E-state index < -0.39 is 11.4 Å². The molecule has 0 amide bonds. The summed E-state index contributed by atoms with van der Waals surface area (Å²) < 4.78 is 10.4. The van der Waals surface area contributed by atoms with E-state index in [4.69, 9.17) is 8.94 Å². The standard InChI is InChI=1S/C13H15N3O4/c1-13(12(17)18)4-5-16(8-13)7-10-14-11(15-20-10)9-3-2-6-19-9/h2-3,6H,4-5,7-8H2,1H3,(H,17,18). The van der Waals surface area contributed by atoms with Gasteiger partial charge in [0.2, 0.25) is 11.7 Å². The SMILES string of the molecule is CC1(C(=O)O)CCN(Cc2nc(-c3ccco3)no2)C1. The molecule has 1 N–H and O–H groups in total. The first-order chi connectivity index (χ1) is 9.57. The molecular weight excluding hydrogens is 262 g/mol. The number of carboxylic acids is 1. The van der Waals surface area contributed by atoms with Crippen LogP contribution >= 0.6 is 0 Å². The van der Waals surface area contributed by atoms with Crippen LogP contribution in [0.15, 0.2) is 27.3 Å². The molecule has 2 aromatic rings. The van der Waals surface area contributed by atoms with Crippen LogP contribution < -0.4 is 0 Å². The third-order valence-electron chi connectivity index (χ3n) is 3.64. The van der Waals surface area contributed by atoms with Crippen molar-refractivity contribution in [3.05, 3.63) is 24.3 Å². The first kappa shape index (κ1) is 12.9. The van der Waals surface area contributed by atoms with Gasteiger partial charge in [0.15, 0.2) is 5.76 Å². The number of carbonyl (C=O) groups is 1. The molecule has 0 saturated carbocycles. The van der Waals surface area contributed by atoms with Gasteiger partial charge < -0.3 is 14.0 Å². The maximum absolute atomic E-state index is 11.2. The van der Waals surface area contributed by atoms with Crippen LogP contribution in [0.2, 0.25) is 0 Å². The molecule has 1 atom stereocenters. The second-order valence-corrected chi connectivity index (χ2v) is 5.32. The van der Waals surface area contributed by atoms with Gasteiger partial charge in [0, 0.05) is 6.54 Å². The number of rotatable bonds is 4. The molecule has 0 radical (unpaired) electrons. The Bertz CT molecular complexity index is 607. The van der Waals surface area contributed by atoms with E-state index >= 15 is 0 Å². The van der Waals surface area contributed by atoms with Crippen LogP contribution in [0.1, 0.15) is 19.2 Å². The lowest BCUT2D eigenvalue weighted by Crippen LogP contribution is -2.31. The average molecular weight is 277 g/mol. The topological polar surface area (TPSA) is 92.6 Å². The van der Waals surface area contributed by atoms with E-state index in [0.717, 1.165) is 0 Å². The van der Waals surface area contributed by atoms with Gasteiger partial charge in [-0.15, -0.1) is 0 Å². The number of likely N-dealkylation sites (tertiary alicyclic amines) is 1. The molecule has 1 aliphatic rings. The van der Waals surface area contributed by atoms with Crippen LogP contribution in [-0.4, -0.2) is 39.2 Å². The van der Waals surface area contributed by atoms with Crippen LogP contribution in [-0.2, 0) is 11.3 Å². The first-order valence-electron chi connectivity index (χ1n) is 6.39. The molecule has 20 heavy (non-hydrogen) atoms. The smallest absolute Gasteiger partial charge is 0.310 e. The summed E-state index contributed by atoms with van der Waals surface area (Å²) >= 11 is 0. The molecule has 0 aromatic carbocycles. The summed E-state index contributed by atoms with van der Waals surface area (Å²) in [4.78, 5) is 17.4. The van der Waals surface area contributed by atoms with Crippen molar-refractivity contribution in [2.75, 3.05) is 13.1 Å². The number of hydrogen-bond acceptors (Lipinski definition) is 6. The number of carboxylic acid groups (broad SMARTS) is 1. The lowest BCUT2D eigenvalue weighted by atomic mass is 9.90. The minimum atomic E-state index is -0.762. The average Bonchev–Trinajstić information content (AvgIpc) is 3.10. The van der Waals surface area contributed by atoms with Crippen LogP contribution in [0.5, 0.6) is 0 Å². The van der Waals surface area contributed by atoms with Crippen molar-refractivity contribution in [1.82, 2.24) is 15.0 Å². The van der Waals surface area contributed by atoms with Gasteiger partial charge in [0.1, 0.15) is 0 Å². The van der Waals surface area contributed by atoms with Gasteiger partial charge in [-0.1, -0.05) is 5.16 Å². The van der Waals surface area contributed by atoms with Crippen molar-refractivity contribution < 1.29 is 18.8 Å². The van der Waals surface area contributed by atoms with E-state index in [0.29, 0.717) is 43.5 Å². The van der Waals surface area contributed by atoms with Gasteiger partial charge >= 0.3 is 5.97 Å². The molecule has 7 heteroatoms. The number of aromatic nitrogens is 2. The number of furan rings is 1. The molecule has 3 rings (SSSR count). The Hall–Kier alpha value is -2.15. The van der Waals surface area contributed by atoms with Crippen molar-refractivity contribution in [3.8, 4) is 11.6 Å². The zero-order valence-corrected chi connectivity index (χ0v) is 11.1. The highest BCUT2D eigenvalue weighted by Crippen LogP contribution is 2.31. The van der Waals surface area contributed by atoms with Gasteiger partial charge in [-0.3, -0.25) is 9.69 Å². The van der Waals surface area contributed by atoms with Gasteiger partial charge in [-0.2, -0.15) is 4.98 Å². The number of nitrogens with zero attached hydrogens (tertiary/aromatic N) is 3. The fourth-order valence-corrected chi connectivity index (χ4v) is 2.38. The summed E-state index contributed by atoms with van der Waals surface area (Å²) in [5.74, 6) is 0.662. The Kier molecular flexibility index (Phi) is 3.06. The van der Waals surface area contributed by atoms with Gasteiger partial charge in [0.25, 0.3) is 0 Å². The highest BCUT2D eigenvalue weighted by Gasteiger charge is 2.40. The lowest BCUT2D eigenvalue weighted by molar-refractivity contribution is -0.147. The van der Waals surface area contributed by atoms with E-state index in [-0.39, 0.29) is 0 Å². The molecule has 106 valence electrons. The molecule has 1 fully saturated rings.